The molecule has 0 aliphatic carbocycles. The minimum atomic E-state index is 0.420. The van der Waals surface area contributed by atoms with Crippen LogP contribution in [0.1, 0.15) is 27.2 Å². The first-order chi connectivity index (χ1) is 7.99. The van der Waals surface area contributed by atoms with Crippen molar-refractivity contribution in [2.75, 3.05) is 18.8 Å². The maximum atomic E-state index is 6.08. The molecule has 0 spiro atoms. The first kappa shape index (κ1) is 14.9. The third kappa shape index (κ3) is 6.97. The molecule has 1 N–H and O–H groups in total. The smallest absolute Gasteiger partial charge is 0.0541 e. The Morgan fingerprint density at radius 3 is 2.53 bits per heavy atom. The second-order valence-corrected chi connectivity index (χ2v) is 6.88. The largest absolute Gasteiger partial charge is 0.316 e. The van der Waals surface area contributed by atoms with Crippen LogP contribution in [0.3, 0.4) is 0 Å². The second-order valence-electron chi connectivity index (χ2n) is 5.34. The van der Waals surface area contributed by atoms with Gasteiger partial charge in [0.05, 0.1) is 5.02 Å². The summed E-state index contributed by atoms with van der Waals surface area (Å²) in [6.07, 6.45) is 1.21. The zero-order valence-corrected chi connectivity index (χ0v) is 12.5. The Hall–Kier alpha value is -0.180. The van der Waals surface area contributed by atoms with Crippen molar-refractivity contribution < 1.29 is 0 Å². The fourth-order valence-electron chi connectivity index (χ4n) is 1.38. The Bertz CT molecular complexity index is 333. The summed E-state index contributed by atoms with van der Waals surface area (Å²) < 4.78 is 0. The summed E-state index contributed by atoms with van der Waals surface area (Å²) in [7, 11) is 0. The molecule has 3 heteroatoms. The topological polar surface area (TPSA) is 12.0 Å². The fraction of sp³-hybridized carbons (Fsp3) is 0.571. The van der Waals surface area contributed by atoms with Crippen LogP contribution in [0.5, 0.6) is 0 Å². The Morgan fingerprint density at radius 2 is 1.88 bits per heavy atom. The highest BCUT2D eigenvalue weighted by atomic mass is 35.5. The van der Waals surface area contributed by atoms with E-state index < -0.39 is 0 Å². The molecule has 0 aromatic heterocycles. The molecular formula is C14H22ClNS. The summed E-state index contributed by atoms with van der Waals surface area (Å²) in [5.74, 6) is 1.06. The molecule has 0 saturated carbocycles. The van der Waals surface area contributed by atoms with Gasteiger partial charge in [-0.05, 0) is 30.5 Å². The van der Waals surface area contributed by atoms with Gasteiger partial charge in [-0.25, -0.2) is 0 Å². The van der Waals surface area contributed by atoms with Crippen molar-refractivity contribution in [1.29, 1.82) is 0 Å². The fourth-order valence-corrected chi connectivity index (χ4v) is 2.53. The van der Waals surface area contributed by atoms with Gasteiger partial charge in [-0.1, -0.05) is 44.5 Å². The van der Waals surface area contributed by atoms with E-state index >= 15 is 0 Å². The van der Waals surface area contributed by atoms with Crippen molar-refractivity contribution in [2.45, 2.75) is 32.1 Å². The molecule has 0 unspecified atom stereocenters. The van der Waals surface area contributed by atoms with E-state index in [-0.39, 0.29) is 0 Å². The van der Waals surface area contributed by atoms with Gasteiger partial charge in [0.2, 0.25) is 0 Å². The molecule has 0 fully saturated rings. The Balaban J connectivity index is 2.11. The van der Waals surface area contributed by atoms with Gasteiger partial charge < -0.3 is 5.32 Å². The lowest BCUT2D eigenvalue weighted by Gasteiger charge is -2.17. The number of benzene rings is 1. The van der Waals surface area contributed by atoms with E-state index in [1.807, 2.05) is 30.0 Å². The molecule has 1 nitrogen and oxygen atoms in total. The van der Waals surface area contributed by atoms with Crippen LogP contribution in [0.2, 0.25) is 5.02 Å². The van der Waals surface area contributed by atoms with Crippen molar-refractivity contribution >= 4 is 23.4 Å². The third-order valence-electron chi connectivity index (χ3n) is 2.42. The van der Waals surface area contributed by atoms with Crippen LogP contribution in [0, 0.1) is 5.41 Å². The minimum Gasteiger partial charge on any atom is -0.316 e. The molecular weight excluding hydrogens is 250 g/mol. The molecule has 0 heterocycles. The highest BCUT2D eigenvalue weighted by Crippen LogP contribution is 2.25. The standard InChI is InChI=1S/C14H22ClNS/c1-14(2,3)8-9-16-10-11-17-13-7-5-4-6-12(13)15/h4-7,16H,8-11H2,1-3H3. The second kappa shape index (κ2) is 7.30. The molecule has 0 amide bonds. The van der Waals surface area contributed by atoms with E-state index in [4.69, 9.17) is 11.6 Å². The van der Waals surface area contributed by atoms with Crippen LogP contribution in [0.15, 0.2) is 29.2 Å². The normalized spacial score (nSPS) is 11.8. The van der Waals surface area contributed by atoms with Gasteiger partial charge in [-0.15, -0.1) is 11.8 Å². The Kier molecular flexibility index (Phi) is 6.39. The van der Waals surface area contributed by atoms with Crippen molar-refractivity contribution in [1.82, 2.24) is 5.32 Å². The van der Waals surface area contributed by atoms with Gasteiger partial charge in [-0.3, -0.25) is 0 Å². The van der Waals surface area contributed by atoms with Gasteiger partial charge in [0.1, 0.15) is 0 Å². The summed E-state index contributed by atoms with van der Waals surface area (Å²) in [5, 5.41) is 4.32. The molecule has 0 saturated heterocycles. The van der Waals surface area contributed by atoms with E-state index in [1.54, 1.807) is 0 Å². The molecule has 1 rings (SSSR count). The summed E-state index contributed by atoms with van der Waals surface area (Å²) >= 11 is 7.89. The molecule has 0 bridgehead atoms. The van der Waals surface area contributed by atoms with Crippen LogP contribution in [0.25, 0.3) is 0 Å². The van der Waals surface area contributed by atoms with Crippen molar-refractivity contribution in [2.24, 2.45) is 5.41 Å². The molecule has 17 heavy (non-hydrogen) atoms. The predicted octanol–water partition coefficient (Wildman–Crippen LogP) is 4.46. The molecule has 0 atom stereocenters. The first-order valence-corrected chi connectivity index (χ1v) is 7.43. The summed E-state index contributed by atoms with van der Waals surface area (Å²) in [5.41, 5.74) is 0.420. The number of hydrogen-bond acceptors (Lipinski definition) is 2. The van der Waals surface area contributed by atoms with Crippen LogP contribution in [0.4, 0.5) is 0 Å². The van der Waals surface area contributed by atoms with Crippen molar-refractivity contribution in [3.05, 3.63) is 29.3 Å². The Labute approximate surface area is 114 Å². The van der Waals surface area contributed by atoms with Gasteiger partial charge in [-0.2, -0.15) is 0 Å². The van der Waals surface area contributed by atoms with Crippen molar-refractivity contribution in [3.63, 3.8) is 0 Å². The number of halogens is 1. The molecule has 0 aliphatic rings. The highest BCUT2D eigenvalue weighted by molar-refractivity contribution is 7.99. The molecule has 1 aromatic rings. The van der Waals surface area contributed by atoms with Gasteiger partial charge in [0.15, 0.2) is 0 Å². The average molecular weight is 272 g/mol. The van der Waals surface area contributed by atoms with Crippen LogP contribution in [-0.4, -0.2) is 18.8 Å². The first-order valence-electron chi connectivity index (χ1n) is 6.07. The zero-order valence-electron chi connectivity index (χ0n) is 10.9. The van der Waals surface area contributed by atoms with Crippen LogP contribution >= 0.6 is 23.4 Å². The maximum absolute atomic E-state index is 6.08. The summed E-state index contributed by atoms with van der Waals surface area (Å²) in [6, 6.07) is 8.01. The quantitative estimate of drug-likeness (QED) is 0.606. The third-order valence-corrected chi connectivity index (χ3v) is 3.94. The van der Waals surface area contributed by atoms with E-state index in [0.717, 1.165) is 23.9 Å². The predicted molar refractivity (Wildman–Crippen MR) is 79.1 cm³/mol. The lowest BCUT2D eigenvalue weighted by molar-refractivity contribution is 0.369. The number of nitrogens with one attached hydrogen (secondary N) is 1. The molecule has 0 radical (unpaired) electrons. The van der Waals surface area contributed by atoms with Gasteiger partial charge in [0.25, 0.3) is 0 Å². The Morgan fingerprint density at radius 1 is 1.18 bits per heavy atom. The molecule has 0 aliphatic heterocycles. The summed E-state index contributed by atoms with van der Waals surface area (Å²) in [6.45, 7) is 8.94. The van der Waals surface area contributed by atoms with Gasteiger partial charge in [0, 0.05) is 17.2 Å². The van der Waals surface area contributed by atoms with E-state index in [2.05, 4.69) is 32.2 Å². The average Bonchev–Trinajstić information content (AvgIpc) is 2.24. The zero-order chi connectivity index (χ0) is 12.7. The lowest BCUT2D eigenvalue weighted by Crippen LogP contribution is -2.22. The van der Waals surface area contributed by atoms with Crippen LogP contribution in [-0.2, 0) is 0 Å². The van der Waals surface area contributed by atoms with Crippen molar-refractivity contribution in [3.8, 4) is 0 Å². The van der Waals surface area contributed by atoms with Gasteiger partial charge >= 0.3 is 0 Å². The molecule has 96 valence electrons. The van der Waals surface area contributed by atoms with E-state index in [1.165, 1.54) is 11.3 Å². The van der Waals surface area contributed by atoms with Crippen LogP contribution < -0.4 is 5.32 Å². The highest BCUT2D eigenvalue weighted by Gasteiger charge is 2.08. The lowest BCUT2D eigenvalue weighted by atomic mass is 9.92. The monoisotopic (exact) mass is 271 g/mol. The van der Waals surface area contributed by atoms with E-state index in [0.29, 0.717) is 5.41 Å². The number of rotatable bonds is 6. The van der Waals surface area contributed by atoms with E-state index in [9.17, 15) is 0 Å². The SMILES string of the molecule is CC(C)(C)CCNCCSc1ccccc1Cl. The molecule has 1 aromatic carbocycles. The number of thioether (sulfide) groups is 1. The maximum Gasteiger partial charge on any atom is 0.0541 e. The minimum absolute atomic E-state index is 0.420. The summed E-state index contributed by atoms with van der Waals surface area (Å²) in [4.78, 5) is 1.17. The number of hydrogen-bond donors (Lipinski definition) is 1.